The van der Waals surface area contributed by atoms with Crippen molar-refractivity contribution in [1.82, 2.24) is 19.8 Å². The lowest BCUT2D eigenvalue weighted by molar-refractivity contribution is -0.128. The number of halogens is 2. The van der Waals surface area contributed by atoms with E-state index in [1.807, 2.05) is 31.2 Å². The summed E-state index contributed by atoms with van der Waals surface area (Å²) in [6, 6.07) is 9.62. The zero-order valence-corrected chi connectivity index (χ0v) is 21.6. The summed E-state index contributed by atoms with van der Waals surface area (Å²) >= 11 is 0. The number of aromatic nitrogens is 2. The number of aryl methyl sites for hydroxylation is 1. The Hall–Kier alpha value is -3.20. The monoisotopic (exact) mass is 512 g/mol. The molecule has 1 aliphatic heterocycles. The molecule has 0 unspecified atom stereocenters. The summed E-state index contributed by atoms with van der Waals surface area (Å²) in [5, 5.41) is 3.79. The summed E-state index contributed by atoms with van der Waals surface area (Å²) in [5.74, 6) is -1.87. The molecular weight excluding hydrogens is 478 g/mol. The Morgan fingerprint density at radius 3 is 2.57 bits per heavy atom. The van der Waals surface area contributed by atoms with Gasteiger partial charge in [-0.1, -0.05) is 18.2 Å². The van der Waals surface area contributed by atoms with E-state index in [1.54, 1.807) is 13.0 Å². The molecule has 9 heteroatoms. The van der Waals surface area contributed by atoms with E-state index >= 15 is 0 Å². The largest absolute Gasteiger partial charge is 0.496 e. The summed E-state index contributed by atoms with van der Waals surface area (Å²) < 4.78 is 34.2. The van der Waals surface area contributed by atoms with Crippen LogP contribution in [0.5, 0.6) is 5.75 Å². The predicted octanol–water partition coefficient (Wildman–Crippen LogP) is 4.39. The number of nitrogens with one attached hydrogen (secondary N) is 2. The fourth-order valence-corrected chi connectivity index (χ4v) is 5.89. The highest BCUT2D eigenvalue weighted by molar-refractivity contribution is 6.08. The first-order valence-corrected chi connectivity index (χ1v) is 12.9. The molecule has 1 aliphatic carbocycles. The van der Waals surface area contributed by atoms with Crippen molar-refractivity contribution in [3.05, 3.63) is 63.2 Å². The molecule has 3 heterocycles. The molecule has 0 atom stereocenters. The lowest BCUT2D eigenvalue weighted by Gasteiger charge is -2.45. The lowest BCUT2D eigenvalue weighted by Crippen LogP contribution is -2.53. The quantitative estimate of drug-likeness (QED) is 0.492. The normalized spacial score (nSPS) is 18.6. The second-order valence-corrected chi connectivity index (χ2v) is 10.5. The van der Waals surface area contributed by atoms with Crippen molar-refractivity contribution in [2.24, 2.45) is 5.92 Å². The molecule has 1 saturated heterocycles. The van der Waals surface area contributed by atoms with Crippen molar-refractivity contribution in [3.63, 3.8) is 0 Å². The Balaban J connectivity index is 1.31. The molecule has 0 bridgehead atoms. The zero-order valence-electron chi connectivity index (χ0n) is 21.6. The molecule has 2 aliphatic rings. The Kier molecular flexibility index (Phi) is 6.83. The number of hydrogen-bond acceptors (Lipinski definition) is 4. The average molecular weight is 513 g/mol. The molecule has 2 fully saturated rings. The summed E-state index contributed by atoms with van der Waals surface area (Å²) in [4.78, 5) is 30.8. The second-order valence-electron chi connectivity index (χ2n) is 10.5. The summed E-state index contributed by atoms with van der Waals surface area (Å²) in [6.45, 7) is 6.24. The number of methoxy groups -OCH3 is 1. The van der Waals surface area contributed by atoms with Crippen LogP contribution in [-0.2, 0) is 13.1 Å². The lowest BCUT2D eigenvalue weighted by atomic mass is 9.84. The minimum Gasteiger partial charge on any atom is -0.496 e. The highest BCUT2D eigenvalue weighted by Gasteiger charge is 2.48. The molecule has 7 nitrogen and oxygen atoms in total. The third-order valence-corrected chi connectivity index (χ3v) is 8.01. The molecule has 1 aromatic carbocycles. The van der Waals surface area contributed by atoms with Gasteiger partial charge in [0.1, 0.15) is 5.75 Å². The molecule has 2 N–H and O–H groups in total. The molecule has 2 aromatic heterocycles. The summed E-state index contributed by atoms with van der Waals surface area (Å²) in [6.07, 6.45) is 1.87. The number of carbonyl (C=O) groups excluding carboxylic acids is 1. The van der Waals surface area contributed by atoms with Crippen LogP contribution in [0.1, 0.15) is 53.0 Å². The molecule has 1 amide bonds. The zero-order chi connectivity index (χ0) is 26.3. The van der Waals surface area contributed by atoms with E-state index in [9.17, 15) is 18.4 Å². The molecule has 0 radical (unpaired) electrons. The molecular formula is C28H34F2N4O3. The van der Waals surface area contributed by atoms with Crippen molar-refractivity contribution in [3.8, 4) is 5.75 Å². The number of likely N-dealkylation sites (tertiary alicyclic amines) is 1. The first-order valence-electron chi connectivity index (χ1n) is 12.9. The van der Waals surface area contributed by atoms with Gasteiger partial charge >= 0.3 is 0 Å². The number of carbonyl (C=O) groups is 1. The standard InChI is InChI=1S/C28H34F2N4O3/c1-17-12-24(37-3)22(26(35)32-17)15-31-27(36)25-18(2)34(23-7-5-4-6-21(23)25)16-19-8-10-33(11-9-19)20-13-28(29,30)14-20/h4-7,12,19-20H,8-11,13-16H2,1-3H3,(H,31,36)(H,32,35). The first kappa shape index (κ1) is 25.4. The van der Waals surface area contributed by atoms with Gasteiger partial charge in [0, 0.05) is 47.7 Å². The van der Waals surface area contributed by atoms with Gasteiger partial charge in [0.25, 0.3) is 17.4 Å². The number of nitrogens with zero attached hydrogens (tertiary/aromatic N) is 2. The maximum atomic E-state index is 13.4. The van der Waals surface area contributed by atoms with Crippen LogP contribution < -0.4 is 15.6 Å². The topological polar surface area (TPSA) is 79.4 Å². The predicted molar refractivity (Wildman–Crippen MR) is 138 cm³/mol. The second kappa shape index (κ2) is 9.93. The molecule has 1 saturated carbocycles. The van der Waals surface area contributed by atoms with Crippen molar-refractivity contribution < 1.29 is 18.3 Å². The highest BCUT2D eigenvalue weighted by atomic mass is 19.3. The van der Waals surface area contributed by atoms with Gasteiger partial charge in [-0.3, -0.25) is 14.5 Å². The molecule has 37 heavy (non-hydrogen) atoms. The number of H-pyrrole nitrogens is 1. The highest BCUT2D eigenvalue weighted by Crippen LogP contribution is 2.41. The van der Waals surface area contributed by atoms with Crippen molar-refractivity contribution in [2.75, 3.05) is 20.2 Å². The van der Waals surface area contributed by atoms with E-state index in [-0.39, 0.29) is 36.9 Å². The van der Waals surface area contributed by atoms with Gasteiger partial charge in [-0.2, -0.15) is 0 Å². The fourth-order valence-electron chi connectivity index (χ4n) is 5.89. The van der Waals surface area contributed by atoms with Gasteiger partial charge < -0.3 is 19.6 Å². The van der Waals surface area contributed by atoms with Gasteiger partial charge in [-0.05, 0) is 57.8 Å². The van der Waals surface area contributed by atoms with Crippen molar-refractivity contribution in [2.45, 2.75) is 64.6 Å². The number of rotatable bonds is 7. The number of benzene rings is 1. The summed E-state index contributed by atoms with van der Waals surface area (Å²) in [5.41, 5.74) is 3.26. The number of hydrogen-bond donors (Lipinski definition) is 2. The van der Waals surface area contributed by atoms with Crippen LogP contribution in [0.25, 0.3) is 10.9 Å². The molecule has 0 spiro atoms. The maximum absolute atomic E-state index is 13.4. The Morgan fingerprint density at radius 1 is 1.19 bits per heavy atom. The number of amides is 1. The molecule has 198 valence electrons. The van der Waals surface area contributed by atoms with Crippen LogP contribution in [0.4, 0.5) is 8.78 Å². The van der Waals surface area contributed by atoms with Gasteiger partial charge in [-0.25, -0.2) is 8.78 Å². The van der Waals surface area contributed by atoms with E-state index in [0.29, 0.717) is 28.5 Å². The van der Waals surface area contributed by atoms with Crippen LogP contribution in [0, 0.1) is 19.8 Å². The van der Waals surface area contributed by atoms with Crippen LogP contribution in [0.3, 0.4) is 0 Å². The number of ether oxygens (including phenoxy) is 1. The number of pyridine rings is 1. The molecule has 3 aromatic rings. The average Bonchev–Trinajstić information content (AvgIpc) is 3.13. The number of aromatic amines is 1. The Labute approximate surface area is 214 Å². The van der Waals surface area contributed by atoms with Gasteiger partial charge in [-0.15, -0.1) is 0 Å². The van der Waals surface area contributed by atoms with E-state index in [1.165, 1.54) is 7.11 Å². The number of para-hydroxylation sites is 1. The summed E-state index contributed by atoms with van der Waals surface area (Å²) in [7, 11) is 1.50. The minimum atomic E-state index is -2.49. The fraction of sp³-hybridized carbons (Fsp3) is 0.500. The van der Waals surface area contributed by atoms with Gasteiger partial charge in [0.2, 0.25) is 0 Å². The number of fused-ring (bicyclic) bond motifs is 1. The van der Waals surface area contributed by atoms with Gasteiger partial charge in [0.05, 0.1) is 24.8 Å². The van der Waals surface area contributed by atoms with Crippen LogP contribution in [0.2, 0.25) is 0 Å². The Bertz CT molecular complexity index is 1360. The van der Waals surface area contributed by atoms with E-state index in [2.05, 4.69) is 19.8 Å². The smallest absolute Gasteiger partial charge is 0.256 e. The van der Waals surface area contributed by atoms with Crippen LogP contribution in [0.15, 0.2) is 35.1 Å². The SMILES string of the molecule is COc1cc(C)[nH]c(=O)c1CNC(=O)c1c(C)n(CC2CCN(C3CC(F)(F)C3)CC2)c2ccccc12. The van der Waals surface area contributed by atoms with Crippen molar-refractivity contribution >= 4 is 16.8 Å². The van der Waals surface area contributed by atoms with E-state index in [0.717, 1.165) is 49.1 Å². The molecule has 5 rings (SSSR count). The Morgan fingerprint density at radius 2 is 1.89 bits per heavy atom. The van der Waals surface area contributed by atoms with E-state index in [4.69, 9.17) is 4.74 Å². The maximum Gasteiger partial charge on any atom is 0.256 e. The number of alkyl halides is 2. The van der Waals surface area contributed by atoms with Gasteiger partial charge in [0.15, 0.2) is 0 Å². The third-order valence-electron chi connectivity index (χ3n) is 8.01. The third kappa shape index (κ3) is 5.01. The first-order chi connectivity index (χ1) is 17.7. The van der Waals surface area contributed by atoms with Crippen LogP contribution >= 0.6 is 0 Å². The number of piperidine rings is 1. The minimum absolute atomic E-state index is 0.0137. The van der Waals surface area contributed by atoms with Crippen LogP contribution in [-0.4, -0.2) is 52.5 Å². The van der Waals surface area contributed by atoms with Crippen molar-refractivity contribution in [1.29, 1.82) is 0 Å². The van der Waals surface area contributed by atoms with E-state index < -0.39 is 5.92 Å².